The lowest BCUT2D eigenvalue weighted by molar-refractivity contribution is 0.321. The molecule has 7 heteroatoms. The Morgan fingerprint density at radius 3 is 2.75 bits per heavy atom. The van der Waals surface area contributed by atoms with Crippen LogP contribution in [-0.4, -0.2) is 26.2 Å². The van der Waals surface area contributed by atoms with E-state index in [0.717, 1.165) is 18.5 Å². The summed E-state index contributed by atoms with van der Waals surface area (Å²) in [5.74, 6) is 0.650. The molecule has 0 spiro atoms. The fourth-order valence-corrected chi connectivity index (χ4v) is 2.80. The molecule has 24 heavy (non-hydrogen) atoms. The van der Waals surface area contributed by atoms with Gasteiger partial charge < -0.3 is 15.4 Å². The number of thiophene rings is 1. The SMILES string of the molecule is CCOc1ccc(CNC(=NC)NCCc2cccs2)cc1F.I. The Kier molecular flexibility index (Phi) is 9.70. The van der Waals surface area contributed by atoms with E-state index in [9.17, 15) is 4.39 Å². The van der Waals surface area contributed by atoms with Crippen molar-refractivity contribution >= 4 is 41.3 Å². The molecule has 0 unspecified atom stereocenters. The first-order valence-corrected chi connectivity index (χ1v) is 8.49. The van der Waals surface area contributed by atoms with Crippen molar-refractivity contribution in [2.75, 3.05) is 20.2 Å². The number of guanidine groups is 1. The van der Waals surface area contributed by atoms with Gasteiger partial charge in [-0.05, 0) is 42.5 Å². The highest BCUT2D eigenvalue weighted by Gasteiger charge is 2.05. The van der Waals surface area contributed by atoms with Crippen LogP contribution < -0.4 is 15.4 Å². The van der Waals surface area contributed by atoms with Crippen LogP contribution >= 0.6 is 35.3 Å². The van der Waals surface area contributed by atoms with Crippen LogP contribution in [0.1, 0.15) is 17.4 Å². The Morgan fingerprint density at radius 1 is 1.29 bits per heavy atom. The fourth-order valence-electron chi connectivity index (χ4n) is 2.09. The highest BCUT2D eigenvalue weighted by atomic mass is 127. The molecular weight excluding hydrogens is 440 g/mol. The number of ether oxygens (including phenoxy) is 1. The average molecular weight is 463 g/mol. The smallest absolute Gasteiger partial charge is 0.191 e. The molecule has 2 aromatic rings. The maximum Gasteiger partial charge on any atom is 0.191 e. The number of nitrogens with zero attached hydrogens (tertiary/aromatic N) is 1. The van der Waals surface area contributed by atoms with Gasteiger partial charge in [-0.15, -0.1) is 35.3 Å². The van der Waals surface area contributed by atoms with Gasteiger partial charge in [0.15, 0.2) is 17.5 Å². The second kappa shape index (κ2) is 11.2. The summed E-state index contributed by atoms with van der Waals surface area (Å²) >= 11 is 1.75. The van der Waals surface area contributed by atoms with Crippen LogP contribution in [0.25, 0.3) is 0 Å². The van der Waals surface area contributed by atoms with E-state index in [1.165, 1.54) is 10.9 Å². The molecule has 1 aromatic carbocycles. The molecule has 132 valence electrons. The van der Waals surface area contributed by atoms with Crippen molar-refractivity contribution in [1.82, 2.24) is 10.6 Å². The Labute approximate surface area is 163 Å². The highest BCUT2D eigenvalue weighted by molar-refractivity contribution is 14.0. The zero-order valence-electron chi connectivity index (χ0n) is 13.8. The van der Waals surface area contributed by atoms with E-state index in [1.54, 1.807) is 24.5 Å². The third-order valence-electron chi connectivity index (χ3n) is 3.22. The quantitative estimate of drug-likeness (QED) is 0.373. The summed E-state index contributed by atoms with van der Waals surface area (Å²) in [6.45, 7) is 3.59. The third-order valence-corrected chi connectivity index (χ3v) is 4.16. The maximum absolute atomic E-state index is 13.8. The summed E-state index contributed by atoms with van der Waals surface area (Å²) in [6, 6.07) is 9.15. The number of hydrogen-bond donors (Lipinski definition) is 2. The van der Waals surface area contributed by atoms with E-state index in [0.29, 0.717) is 19.1 Å². The lowest BCUT2D eigenvalue weighted by Crippen LogP contribution is -2.37. The maximum atomic E-state index is 13.8. The molecule has 1 heterocycles. The summed E-state index contributed by atoms with van der Waals surface area (Å²) < 4.78 is 19.0. The summed E-state index contributed by atoms with van der Waals surface area (Å²) in [5.41, 5.74) is 0.840. The Hall–Kier alpha value is -1.35. The molecule has 0 aliphatic carbocycles. The predicted octanol–water partition coefficient (Wildman–Crippen LogP) is 3.81. The van der Waals surface area contributed by atoms with Gasteiger partial charge >= 0.3 is 0 Å². The minimum atomic E-state index is -0.341. The summed E-state index contributed by atoms with van der Waals surface area (Å²) in [6.07, 6.45) is 0.954. The second-order valence-electron chi connectivity index (χ2n) is 4.88. The molecule has 0 fully saturated rings. The van der Waals surface area contributed by atoms with E-state index in [1.807, 2.05) is 19.1 Å². The van der Waals surface area contributed by atoms with Crippen molar-refractivity contribution < 1.29 is 9.13 Å². The Balaban J connectivity index is 0.00000288. The first kappa shape index (κ1) is 20.7. The highest BCUT2D eigenvalue weighted by Crippen LogP contribution is 2.18. The fraction of sp³-hybridized carbons (Fsp3) is 0.353. The molecule has 0 radical (unpaired) electrons. The molecule has 2 rings (SSSR count). The molecule has 0 aliphatic rings. The van der Waals surface area contributed by atoms with Crippen LogP contribution in [0.4, 0.5) is 4.39 Å². The summed E-state index contributed by atoms with van der Waals surface area (Å²) in [5, 5.41) is 8.50. The van der Waals surface area contributed by atoms with Gasteiger partial charge in [-0.2, -0.15) is 0 Å². The first-order valence-electron chi connectivity index (χ1n) is 7.61. The number of rotatable bonds is 7. The van der Waals surface area contributed by atoms with Crippen LogP contribution in [0.15, 0.2) is 40.7 Å². The molecule has 0 saturated heterocycles. The van der Waals surface area contributed by atoms with Crippen LogP contribution in [0.5, 0.6) is 5.75 Å². The van der Waals surface area contributed by atoms with E-state index < -0.39 is 0 Å². The molecule has 4 nitrogen and oxygen atoms in total. The van der Waals surface area contributed by atoms with Gasteiger partial charge in [-0.25, -0.2) is 4.39 Å². The third kappa shape index (κ3) is 6.64. The molecule has 0 amide bonds. The molecule has 0 atom stereocenters. The van der Waals surface area contributed by atoms with Crippen molar-refractivity contribution in [2.45, 2.75) is 19.9 Å². The number of benzene rings is 1. The van der Waals surface area contributed by atoms with E-state index >= 15 is 0 Å². The Bertz CT molecular complexity index is 635. The molecule has 1 aromatic heterocycles. The van der Waals surface area contributed by atoms with Gasteiger partial charge in [0.2, 0.25) is 0 Å². The van der Waals surface area contributed by atoms with E-state index in [2.05, 4.69) is 27.1 Å². The normalized spacial score (nSPS) is 10.9. The largest absolute Gasteiger partial charge is 0.491 e. The average Bonchev–Trinajstić information content (AvgIpc) is 3.06. The second-order valence-corrected chi connectivity index (χ2v) is 5.91. The minimum absolute atomic E-state index is 0. The number of aliphatic imine (C=N–C) groups is 1. The minimum Gasteiger partial charge on any atom is -0.491 e. The zero-order valence-corrected chi connectivity index (χ0v) is 17.0. The Morgan fingerprint density at radius 2 is 2.12 bits per heavy atom. The van der Waals surface area contributed by atoms with Crippen LogP contribution in [0, 0.1) is 5.82 Å². The lowest BCUT2D eigenvalue weighted by atomic mass is 10.2. The van der Waals surface area contributed by atoms with Gasteiger partial charge in [0.1, 0.15) is 0 Å². The van der Waals surface area contributed by atoms with Crippen LogP contribution in [0.2, 0.25) is 0 Å². The predicted molar refractivity (Wildman–Crippen MR) is 109 cm³/mol. The number of nitrogens with one attached hydrogen (secondary N) is 2. The topological polar surface area (TPSA) is 45.6 Å². The van der Waals surface area contributed by atoms with Crippen molar-refractivity contribution in [1.29, 1.82) is 0 Å². The van der Waals surface area contributed by atoms with Crippen molar-refractivity contribution in [3.63, 3.8) is 0 Å². The molecular formula is C17H23FIN3OS. The van der Waals surface area contributed by atoms with Gasteiger partial charge in [0.05, 0.1) is 6.61 Å². The van der Waals surface area contributed by atoms with Crippen molar-refractivity contribution in [3.8, 4) is 5.75 Å². The van der Waals surface area contributed by atoms with Crippen molar-refractivity contribution in [2.24, 2.45) is 4.99 Å². The van der Waals surface area contributed by atoms with Crippen LogP contribution in [-0.2, 0) is 13.0 Å². The number of halogens is 2. The summed E-state index contributed by atoms with van der Waals surface area (Å²) in [7, 11) is 1.72. The standard InChI is InChI=1S/C17H22FN3OS.HI/c1-3-22-16-7-6-13(11-15(16)18)12-21-17(19-2)20-9-8-14-5-4-10-23-14;/h4-7,10-11H,3,8-9,12H2,1-2H3,(H2,19,20,21);1H. The van der Waals surface area contributed by atoms with E-state index in [4.69, 9.17) is 4.74 Å². The van der Waals surface area contributed by atoms with Gasteiger partial charge in [-0.3, -0.25) is 4.99 Å². The van der Waals surface area contributed by atoms with Crippen LogP contribution in [0.3, 0.4) is 0 Å². The molecule has 0 bridgehead atoms. The van der Waals surface area contributed by atoms with Gasteiger partial charge in [0.25, 0.3) is 0 Å². The molecule has 0 saturated carbocycles. The molecule has 2 N–H and O–H groups in total. The lowest BCUT2D eigenvalue weighted by Gasteiger charge is -2.12. The first-order chi connectivity index (χ1) is 11.2. The van der Waals surface area contributed by atoms with Gasteiger partial charge in [-0.1, -0.05) is 12.1 Å². The van der Waals surface area contributed by atoms with Gasteiger partial charge in [0, 0.05) is 25.0 Å². The monoisotopic (exact) mass is 463 g/mol. The van der Waals surface area contributed by atoms with Crippen molar-refractivity contribution in [3.05, 3.63) is 52.0 Å². The zero-order chi connectivity index (χ0) is 16.5. The summed E-state index contributed by atoms with van der Waals surface area (Å²) in [4.78, 5) is 5.51. The number of hydrogen-bond acceptors (Lipinski definition) is 3. The molecule has 0 aliphatic heterocycles. The van der Waals surface area contributed by atoms with E-state index in [-0.39, 0.29) is 35.5 Å².